The molecule has 0 aromatic carbocycles. The summed E-state index contributed by atoms with van der Waals surface area (Å²) in [6.45, 7) is 6.35. The summed E-state index contributed by atoms with van der Waals surface area (Å²) >= 11 is 0. The SMILES string of the molecule is CC(=O)[C@@H]1CC[C@@]2(C)CCC[C@@H](C)C2(N)C1. The highest BCUT2D eigenvalue weighted by Crippen LogP contribution is 2.55. The highest BCUT2D eigenvalue weighted by atomic mass is 16.1. The van der Waals surface area contributed by atoms with Gasteiger partial charge in [0.25, 0.3) is 0 Å². The maximum absolute atomic E-state index is 11.6. The number of Topliss-reactive ketones (excluding diaryl/α,β-unsaturated/α-hetero) is 1. The average Bonchev–Trinajstić information content (AvgIpc) is 2.20. The van der Waals surface area contributed by atoms with Crippen LogP contribution < -0.4 is 5.73 Å². The first-order chi connectivity index (χ1) is 7.39. The molecule has 0 bridgehead atoms. The summed E-state index contributed by atoms with van der Waals surface area (Å²) in [5.74, 6) is 1.12. The summed E-state index contributed by atoms with van der Waals surface area (Å²) in [6, 6.07) is 0. The van der Waals surface area contributed by atoms with Crippen molar-refractivity contribution in [2.45, 2.75) is 64.8 Å². The van der Waals surface area contributed by atoms with Gasteiger partial charge in [0.05, 0.1) is 0 Å². The molecule has 2 rings (SSSR count). The van der Waals surface area contributed by atoms with Gasteiger partial charge in [-0.2, -0.15) is 0 Å². The van der Waals surface area contributed by atoms with Crippen molar-refractivity contribution in [3.63, 3.8) is 0 Å². The molecule has 1 unspecified atom stereocenters. The van der Waals surface area contributed by atoms with E-state index in [1.165, 1.54) is 19.3 Å². The van der Waals surface area contributed by atoms with Gasteiger partial charge in [-0.15, -0.1) is 0 Å². The number of carbonyl (C=O) groups is 1. The van der Waals surface area contributed by atoms with Gasteiger partial charge in [-0.1, -0.05) is 20.3 Å². The molecule has 0 saturated heterocycles. The van der Waals surface area contributed by atoms with E-state index in [-0.39, 0.29) is 16.9 Å². The van der Waals surface area contributed by atoms with Crippen LogP contribution in [-0.4, -0.2) is 11.3 Å². The predicted molar refractivity (Wildman–Crippen MR) is 66.1 cm³/mol. The molecule has 2 heteroatoms. The van der Waals surface area contributed by atoms with Gasteiger partial charge in [0, 0.05) is 11.5 Å². The normalized spacial score (nSPS) is 48.5. The third-order valence-electron chi connectivity index (χ3n) is 5.57. The maximum atomic E-state index is 11.6. The predicted octanol–water partition coefficient (Wildman–Crippen LogP) is 2.90. The van der Waals surface area contributed by atoms with Crippen molar-refractivity contribution in [3.05, 3.63) is 0 Å². The van der Waals surface area contributed by atoms with Gasteiger partial charge in [-0.05, 0) is 50.4 Å². The lowest BCUT2D eigenvalue weighted by atomic mass is 9.50. The Kier molecular flexibility index (Phi) is 2.90. The molecule has 0 spiro atoms. The van der Waals surface area contributed by atoms with Crippen LogP contribution in [0, 0.1) is 17.3 Å². The highest BCUT2D eigenvalue weighted by Gasteiger charge is 2.54. The number of hydrogen-bond donors (Lipinski definition) is 1. The summed E-state index contributed by atoms with van der Waals surface area (Å²) in [5.41, 5.74) is 6.90. The second-order valence-corrected chi connectivity index (χ2v) is 6.44. The van der Waals surface area contributed by atoms with Crippen molar-refractivity contribution in [1.82, 2.24) is 0 Å². The second kappa shape index (κ2) is 3.83. The van der Waals surface area contributed by atoms with E-state index in [0.29, 0.717) is 11.7 Å². The molecule has 0 amide bonds. The lowest BCUT2D eigenvalue weighted by Crippen LogP contribution is -2.63. The van der Waals surface area contributed by atoms with E-state index in [4.69, 9.17) is 5.73 Å². The first-order valence-corrected chi connectivity index (χ1v) is 6.68. The molecule has 2 aliphatic rings. The molecule has 0 aromatic heterocycles. The highest BCUT2D eigenvalue weighted by molar-refractivity contribution is 5.78. The van der Waals surface area contributed by atoms with Crippen molar-refractivity contribution in [1.29, 1.82) is 0 Å². The zero-order chi connectivity index (χ0) is 12.0. The van der Waals surface area contributed by atoms with E-state index >= 15 is 0 Å². The molecule has 92 valence electrons. The van der Waals surface area contributed by atoms with E-state index in [1.807, 2.05) is 0 Å². The molecule has 16 heavy (non-hydrogen) atoms. The minimum absolute atomic E-state index is 0.0974. The van der Waals surface area contributed by atoms with Crippen LogP contribution in [0.1, 0.15) is 59.3 Å². The van der Waals surface area contributed by atoms with Gasteiger partial charge in [0.15, 0.2) is 0 Å². The van der Waals surface area contributed by atoms with Gasteiger partial charge in [0.1, 0.15) is 5.78 Å². The van der Waals surface area contributed by atoms with Gasteiger partial charge >= 0.3 is 0 Å². The van der Waals surface area contributed by atoms with Crippen LogP contribution in [0.4, 0.5) is 0 Å². The molecule has 2 N–H and O–H groups in total. The van der Waals surface area contributed by atoms with Crippen LogP contribution in [0.25, 0.3) is 0 Å². The Balaban J connectivity index is 2.26. The number of fused-ring (bicyclic) bond motifs is 1. The fraction of sp³-hybridized carbons (Fsp3) is 0.929. The maximum Gasteiger partial charge on any atom is 0.132 e. The quantitative estimate of drug-likeness (QED) is 0.742. The Morgan fingerprint density at radius 3 is 2.62 bits per heavy atom. The van der Waals surface area contributed by atoms with Gasteiger partial charge in [-0.3, -0.25) is 4.79 Å². The summed E-state index contributed by atoms with van der Waals surface area (Å²) < 4.78 is 0. The summed E-state index contributed by atoms with van der Waals surface area (Å²) in [4.78, 5) is 11.6. The number of hydrogen-bond acceptors (Lipinski definition) is 2. The zero-order valence-corrected chi connectivity index (χ0v) is 10.9. The third kappa shape index (κ3) is 1.62. The smallest absolute Gasteiger partial charge is 0.132 e. The Labute approximate surface area is 99.0 Å². The lowest BCUT2D eigenvalue weighted by molar-refractivity contribution is -0.126. The Morgan fingerprint density at radius 2 is 2.00 bits per heavy atom. The first-order valence-electron chi connectivity index (χ1n) is 6.68. The van der Waals surface area contributed by atoms with Crippen LogP contribution in [0.2, 0.25) is 0 Å². The lowest BCUT2D eigenvalue weighted by Gasteiger charge is -2.58. The van der Waals surface area contributed by atoms with Crippen LogP contribution in [0.3, 0.4) is 0 Å². The number of nitrogens with two attached hydrogens (primary N) is 1. The van der Waals surface area contributed by atoms with Crippen molar-refractivity contribution in [2.24, 2.45) is 23.0 Å². The van der Waals surface area contributed by atoms with Gasteiger partial charge < -0.3 is 5.73 Å². The number of carbonyl (C=O) groups excluding carboxylic acids is 1. The molecule has 0 radical (unpaired) electrons. The molecule has 0 aromatic rings. The van der Waals surface area contributed by atoms with Crippen molar-refractivity contribution in [2.75, 3.05) is 0 Å². The van der Waals surface area contributed by atoms with E-state index in [9.17, 15) is 4.79 Å². The molecular formula is C14H25NO. The number of rotatable bonds is 1. The third-order valence-corrected chi connectivity index (χ3v) is 5.57. The van der Waals surface area contributed by atoms with Gasteiger partial charge in [0.2, 0.25) is 0 Å². The standard InChI is InChI=1S/C14H25NO/c1-10-5-4-7-13(3)8-6-12(11(2)16)9-14(10,13)15/h10,12H,4-9,15H2,1-3H3/t10-,12-,13-,14?/m1/s1. The fourth-order valence-electron chi connectivity index (χ4n) is 4.04. The van der Waals surface area contributed by atoms with E-state index in [2.05, 4.69) is 13.8 Å². The minimum atomic E-state index is -0.0974. The molecule has 2 fully saturated rings. The Morgan fingerprint density at radius 1 is 1.31 bits per heavy atom. The summed E-state index contributed by atoms with van der Waals surface area (Å²) in [7, 11) is 0. The van der Waals surface area contributed by atoms with E-state index in [1.54, 1.807) is 6.92 Å². The van der Waals surface area contributed by atoms with Crippen LogP contribution in [0.5, 0.6) is 0 Å². The van der Waals surface area contributed by atoms with E-state index in [0.717, 1.165) is 19.3 Å². The van der Waals surface area contributed by atoms with Crippen molar-refractivity contribution in [3.8, 4) is 0 Å². The average molecular weight is 223 g/mol. The van der Waals surface area contributed by atoms with Crippen molar-refractivity contribution < 1.29 is 4.79 Å². The zero-order valence-electron chi connectivity index (χ0n) is 10.9. The molecule has 2 aliphatic carbocycles. The topological polar surface area (TPSA) is 43.1 Å². The molecule has 2 nitrogen and oxygen atoms in total. The minimum Gasteiger partial charge on any atom is -0.324 e. The molecule has 0 aliphatic heterocycles. The van der Waals surface area contributed by atoms with Crippen LogP contribution >= 0.6 is 0 Å². The summed E-state index contributed by atoms with van der Waals surface area (Å²) in [6.07, 6.45) is 6.89. The monoisotopic (exact) mass is 223 g/mol. The molecule has 2 saturated carbocycles. The van der Waals surface area contributed by atoms with Gasteiger partial charge in [-0.25, -0.2) is 0 Å². The molecule has 0 heterocycles. The molecule has 4 atom stereocenters. The van der Waals surface area contributed by atoms with Crippen molar-refractivity contribution >= 4 is 5.78 Å². The second-order valence-electron chi connectivity index (χ2n) is 6.44. The van der Waals surface area contributed by atoms with E-state index < -0.39 is 0 Å². The fourth-order valence-corrected chi connectivity index (χ4v) is 4.04. The largest absolute Gasteiger partial charge is 0.324 e. The van der Waals surface area contributed by atoms with Crippen LogP contribution in [-0.2, 0) is 4.79 Å². The Bertz CT molecular complexity index is 301. The summed E-state index contributed by atoms with van der Waals surface area (Å²) in [5, 5.41) is 0. The molecular weight excluding hydrogens is 198 g/mol. The number of ketones is 1. The van der Waals surface area contributed by atoms with Crippen LogP contribution in [0.15, 0.2) is 0 Å². The Hall–Kier alpha value is -0.370. The first kappa shape index (κ1) is 12.1.